The highest BCUT2D eigenvalue weighted by Gasteiger charge is 2.39. The third-order valence-electron chi connectivity index (χ3n) is 10.5. The van der Waals surface area contributed by atoms with Gasteiger partial charge in [0.2, 0.25) is 0 Å². The summed E-state index contributed by atoms with van der Waals surface area (Å²) in [5.41, 5.74) is 8.05. The minimum absolute atomic E-state index is 0.571. The fraction of sp³-hybridized carbons (Fsp3) is 0.0435. The van der Waals surface area contributed by atoms with Crippen molar-refractivity contribution < 1.29 is 0 Å². The van der Waals surface area contributed by atoms with E-state index in [4.69, 9.17) is 39.9 Å². The van der Waals surface area contributed by atoms with Gasteiger partial charge in [-0.2, -0.15) is 0 Å². The molecule has 0 saturated carbocycles. The van der Waals surface area contributed by atoms with Gasteiger partial charge in [-0.25, -0.2) is 39.9 Å². The molecule has 6 aromatic carbocycles. The van der Waals surface area contributed by atoms with E-state index in [0.717, 1.165) is 52.7 Å². The lowest BCUT2D eigenvalue weighted by Gasteiger charge is -2.18. The number of nitrogens with zero attached hydrogens (tertiary/aromatic N) is 8. The molecule has 0 radical (unpaired) electrons. The van der Waals surface area contributed by atoms with Crippen molar-refractivity contribution in [2.45, 2.75) is 13.1 Å². The Morgan fingerprint density at radius 3 is 0.965 bits per heavy atom. The van der Waals surface area contributed by atoms with E-state index in [1.165, 1.54) is 21.5 Å². The lowest BCUT2D eigenvalue weighted by molar-refractivity contribution is 1.07. The summed E-state index contributed by atoms with van der Waals surface area (Å²) in [6.07, 6.45) is 0. The van der Waals surface area contributed by atoms with Gasteiger partial charge >= 0.3 is 0 Å². The molecule has 1 aliphatic rings. The minimum Gasteiger partial charge on any atom is -0.233 e. The Bertz CT molecular complexity index is 2820. The minimum atomic E-state index is -2.09. The van der Waals surface area contributed by atoms with Crippen molar-refractivity contribution in [2.24, 2.45) is 0 Å². The highest BCUT2D eigenvalue weighted by Crippen LogP contribution is 2.39. The van der Waals surface area contributed by atoms with Crippen LogP contribution >= 0.6 is 22.7 Å². The maximum atomic E-state index is 5.17. The average molecular weight is 787 g/mol. The zero-order valence-electron chi connectivity index (χ0n) is 30.8. The van der Waals surface area contributed by atoms with Gasteiger partial charge in [-0.15, -0.1) is 22.7 Å². The Morgan fingerprint density at radius 2 is 0.649 bits per heavy atom. The van der Waals surface area contributed by atoms with Gasteiger partial charge in [0, 0.05) is 22.3 Å². The number of hydrogen-bond acceptors (Lipinski definition) is 10. The van der Waals surface area contributed by atoms with Gasteiger partial charge in [0.25, 0.3) is 0 Å². The lowest BCUT2D eigenvalue weighted by Crippen LogP contribution is -2.49. The highest BCUT2D eigenvalue weighted by molar-refractivity contribution is 7.22. The second-order valence-corrected chi connectivity index (χ2v) is 20.9. The van der Waals surface area contributed by atoms with Crippen LogP contribution in [-0.2, 0) is 0 Å². The predicted molar refractivity (Wildman–Crippen MR) is 234 cm³/mol. The number of aromatic nitrogens is 8. The Hall–Kier alpha value is -6.66. The van der Waals surface area contributed by atoms with Crippen LogP contribution in [0.5, 0.6) is 0 Å². The number of hydrogen-bond donors (Lipinski definition) is 0. The van der Waals surface area contributed by atoms with E-state index in [0.29, 0.717) is 34.9 Å². The summed E-state index contributed by atoms with van der Waals surface area (Å²) in [4.78, 5) is 39.9. The van der Waals surface area contributed by atoms with Crippen LogP contribution in [0.4, 0.5) is 0 Å². The number of fused-ring (bicyclic) bond motifs is 5. The SMILES string of the molecule is C[Si]1(C)c2cc3sc(-c4nc(-c5ccccc5)nc(-c5ccccc5)n4)nc3cc2-c2cc3nc(-c4nc(-c5ccccc5)nc(-c5ccccc5)n4)sc3cc21. The third-order valence-corrected chi connectivity index (χ3v) is 16.0. The number of thiazole rings is 2. The van der Waals surface area contributed by atoms with Crippen molar-refractivity contribution in [1.82, 2.24) is 39.9 Å². The summed E-state index contributed by atoms with van der Waals surface area (Å²) in [5.74, 6) is 3.64. The molecule has 10 aromatic rings. The van der Waals surface area contributed by atoms with Crippen molar-refractivity contribution in [1.29, 1.82) is 0 Å². The molecule has 0 amide bonds. The molecule has 270 valence electrons. The van der Waals surface area contributed by atoms with Crippen LogP contribution in [-0.4, -0.2) is 47.9 Å². The molecular formula is C46H30N8S2Si. The Kier molecular flexibility index (Phi) is 7.81. The van der Waals surface area contributed by atoms with Crippen molar-refractivity contribution in [3.8, 4) is 78.3 Å². The van der Waals surface area contributed by atoms with Crippen LogP contribution in [0.2, 0.25) is 13.1 Å². The molecule has 57 heavy (non-hydrogen) atoms. The Morgan fingerprint density at radius 1 is 0.351 bits per heavy atom. The number of benzene rings is 6. The molecule has 0 aliphatic carbocycles. The molecule has 8 nitrogen and oxygen atoms in total. The van der Waals surface area contributed by atoms with E-state index in [1.54, 1.807) is 22.7 Å². The molecule has 0 saturated heterocycles. The fourth-order valence-electron chi connectivity index (χ4n) is 7.57. The van der Waals surface area contributed by atoms with Gasteiger partial charge in [0.15, 0.2) is 45.0 Å². The summed E-state index contributed by atoms with van der Waals surface area (Å²) in [6.45, 7) is 4.88. The van der Waals surface area contributed by atoms with Crippen LogP contribution in [0.25, 0.3) is 98.8 Å². The Balaban J connectivity index is 1.01. The molecule has 0 spiro atoms. The monoisotopic (exact) mass is 786 g/mol. The third kappa shape index (κ3) is 5.86. The van der Waals surface area contributed by atoms with Gasteiger partial charge in [-0.1, -0.05) is 134 Å². The van der Waals surface area contributed by atoms with Gasteiger partial charge in [-0.3, -0.25) is 0 Å². The van der Waals surface area contributed by atoms with E-state index >= 15 is 0 Å². The average Bonchev–Trinajstić information content (AvgIpc) is 3.95. The molecule has 0 atom stereocenters. The maximum absolute atomic E-state index is 5.17. The molecule has 0 bridgehead atoms. The molecule has 4 aromatic heterocycles. The molecule has 0 unspecified atom stereocenters. The van der Waals surface area contributed by atoms with Crippen LogP contribution in [0.1, 0.15) is 0 Å². The molecule has 0 fully saturated rings. The van der Waals surface area contributed by atoms with E-state index in [9.17, 15) is 0 Å². The van der Waals surface area contributed by atoms with Crippen LogP contribution in [0, 0.1) is 0 Å². The first kappa shape index (κ1) is 33.7. The van der Waals surface area contributed by atoms with Crippen molar-refractivity contribution in [2.75, 3.05) is 0 Å². The predicted octanol–water partition coefficient (Wildman–Crippen LogP) is 10.1. The normalized spacial score (nSPS) is 12.9. The van der Waals surface area contributed by atoms with E-state index in [2.05, 4.69) is 37.4 Å². The topological polar surface area (TPSA) is 103 Å². The zero-order valence-corrected chi connectivity index (χ0v) is 33.4. The van der Waals surface area contributed by atoms with Crippen molar-refractivity contribution in [3.05, 3.63) is 146 Å². The van der Waals surface area contributed by atoms with Gasteiger partial charge < -0.3 is 0 Å². The Labute approximate surface area is 336 Å². The zero-order chi connectivity index (χ0) is 38.1. The van der Waals surface area contributed by atoms with Crippen molar-refractivity contribution >= 4 is 61.6 Å². The van der Waals surface area contributed by atoms with Crippen molar-refractivity contribution in [3.63, 3.8) is 0 Å². The molecule has 0 N–H and O–H groups in total. The quantitative estimate of drug-likeness (QED) is 0.154. The molecule has 5 heterocycles. The van der Waals surface area contributed by atoms with E-state index < -0.39 is 8.07 Å². The standard InChI is InChI=1S/C46H30N8S2Si/c1-57(2)37-25-35-33(47-45(55-35)43-51-39(27-15-7-3-8-16-27)49-40(52-43)28-17-9-4-10-18-28)23-31(37)32-24-34-36(26-38(32)57)56-46(48-34)44-53-41(29-19-11-5-12-20-29)50-42(54-44)30-21-13-6-14-22-30/h3-26H,1-2H3. The summed E-state index contributed by atoms with van der Waals surface area (Å²) in [6, 6.07) is 49.4. The second-order valence-electron chi connectivity index (χ2n) is 14.5. The van der Waals surface area contributed by atoms with Gasteiger partial charge in [0.05, 0.1) is 20.4 Å². The first-order valence-corrected chi connectivity index (χ1v) is 23.2. The van der Waals surface area contributed by atoms with Crippen LogP contribution in [0.3, 0.4) is 0 Å². The van der Waals surface area contributed by atoms with E-state index in [1.807, 2.05) is 121 Å². The molecule has 11 rings (SSSR count). The van der Waals surface area contributed by atoms with Crippen LogP contribution < -0.4 is 10.4 Å². The second kappa shape index (κ2) is 13.2. The largest absolute Gasteiger partial charge is 0.233 e. The maximum Gasteiger partial charge on any atom is 0.192 e. The summed E-state index contributed by atoms with van der Waals surface area (Å²) in [7, 11) is -2.09. The first-order valence-electron chi connectivity index (χ1n) is 18.6. The van der Waals surface area contributed by atoms with E-state index in [-0.39, 0.29) is 0 Å². The summed E-state index contributed by atoms with van der Waals surface area (Å²) in [5, 5.41) is 4.35. The first-order chi connectivity index (χ1) is 27.9. The number of rotatable bonds is 6. The molecule has 1 aliphatic heterocycles. The lowest BCUT2D eigenvalue weighted by atomic mass is 10.1. The molecule has 11 heteroatoms. The van der Waals surface area contributed by atoms with Gasteiger partial charge in [-0.05, 0) is 45.8 Å². The summed E-state index contributed by atoms with van der Waals surface area (Å²) < 4.78 is 2.25. The van der Waals surface area contributed by atoms with Crippen LogP contribution in [0.15, 0.2) is 146 Å². The smallest absolute Gasteiger partial charge is 0.192 e. The summed E-state index contributed by atoms with van der Waals surface area (Å²) >= 11 is 3.27. The van der Waals surface area contributed by atoms with Gasteiger partial charge in [0.1, 0.15) is 8.07 Å². The molecular weight excluding hydrogens is 757 g/mol. The fourth-order valence-corrected chi connectivity index (χ4v) is 12.7. The highest BCUT2D eigenvalue weighted by atomic mass is 32.1.